The van der Waals surface area contributed by atoms with Crippen molar-refractivity contribution in [3.05, 3.63) is 68.4 Å². The molecule has 0 radical (unpaired) electrons. The Hall–Kier alpha value is -3.40. The summed E-state index contributed by atoms with van der Waals surface area (Å²) in [6.45, 7) is 0.0948. The van der Waals surface area contributed by atoms with Crippen LogP contribution in [0.25, 0.3) is 21.7 Å². The summed E-state index contributed by atoms with van der Waals surface area (Å²) in [7, 11) is 0. The van der Waals surface area contributed by atoms with Gasteiger partial charge in [0.25, 0.3) is 11.2 Å². The molecule has 0 saturated heterocycles. The van der Waals surface area contributed by atoms with Crippen LogP contribution < -0.4 is 5.56 Å². The Morgan fingerprint density at radius 2 is 2.00 bits per heavy atom. The van der Waals surface area contributed by atoms with Crippen molar-refractivity contribution < 1.29 is 9.34 Å². The normalized spacial score (nSPS) is 11.0. The molecular formula is C15H9N5O4S. The van der Waals surface area contributed by atoms with Gasteiger partial charge in [-0.05, 0) is 23.6 Å². The topological polar surface area (TPSA) is 117 Å². The van der Waals surface area contributed by atoms with Crippen molar-refractivity contribution in [2.45, 2.75) is 6.54 Å². The Morgan fingerprint density at radius 1 is 1.20 bits per heavy atom. The minimum absolute atomic E-state index is 0.0230. The predicted molar refractivity (Wildman–Crippen MR) is 89.4 cm³/mol. The van der Waals surface area contributed by atoms with E-state index in [1.54, 1.807) is 6.07 Å². The number of nitrogens with zero attached hydrogens (tertiary/aromatic N) is 5. The van der Waals surface area contributed by atoms with Gasteiger partial charge in [-0.3, -0.25) is 19.5 Å². The zero-order valence-electron chi connectivity index (χ0n) is 12.5. The van der Waals surface area contributed by atoms with E-state index in [9.17, 15) is 14.9 Å². The summed E-state index contributed by atoms with van der Waals surface area (Å²) in [5.74, 6) is 0.467. The maximum absolute atomic E-state index is 12.3. The zero-order chi connectivity index (χ0) is 17.4. The lowest BCUT2D eigenvalue weighted by atomic mass is 10.2. The molecule has 0 unspecified atom stereocenters. The third-order valence-corrected chi connectivity index (χ3v) is 4.37. The molecule has 0 N–H and O–H groups in total. The Kier molecular flexibility index (Phi) is 3.58. The number of thiophene rings is 1. The quantitative estimate of drug-likeness (QED) is 0.407. The molecule has 4 rings (SSSR count). The zero-order valence-corrected chi connectivity index (χ0v) is 13.3. The highest BCUT2D eigenvalue weighted by molar-refractivity contribution is 7.16. The van der Waals surface area contributed by atoms with Crippen LogP contribution in [0.15, 0.2) is 51.3 Å². The minimum Gasteiger partial charge on any atom is -0.419 e. The van der Waals surface area contributed by atoms with E-state index in [0.29, 0.717) is 15.8 Å². The smallest absolute Gasteiger partial charge is 0.269 e. The van der Waals surface area contributed by atoms with Crippen LogP contribution in [0.1, 0.15) is 5.89 Å². The second-order valence-electron chi connectivity index (χ2n) is 5.12. The average molecular weight is 355 g/mol. The average Bonchev–Trinajstić information content (AvgIpc) is 3.27. The molecule has 0 atom stereocenters. The monoisotopic (exact) mass is 355 g/mol. The molecule has 4 aromatic rings. The van der Waals surface area contributed by atoms with Crippen molar-refractivity contribution in [3.63, 3.8) is 0 Å². The summed E-state index contributed by atoms with van der Waals surface area (Å²) in [5, 5.41) is 20.9. The number of benzene rings is 1. The summed E-state index contributed by atoms with van der Waals surface area (Å²) >= 11 is 1.40. The van der Waals surface area contributed by atoms with E-state index in [0.717, 1.165) is 0 Å². The molecule has 0 aliphatic rings. The first-order valence-corrected chi connectivity index (χ1v) is 7.99. The molecule has 10 heteroatoms. The van der Waals surface area contributed by atoms with Crippen molar-refractivity contribution >= 4 is 27.2 Å². The van der Waals surface area contributed by atoms with Gasteiger partial charge in [0.2, 0.25) is 11.8 Å². The first-order valence-electron chi connectivity index (χ1n) is 7.11. The van der Waals surface area contributed by atoms with Crippen LogP contribution in [0.4, 0.5) is 5.69 Å². The van der Waals surface area contributed by atoms with Gasteiger partial charge in [-0.2, -0.15) is 0 Å². The van der Waals surface area contributed by atoms with Gasteiger partial charge in [0, 0.05) is 17.7 Å². The highest BCUT2D eigenvalue weighted by Crippen LogP contribution is 2.21. The standard InChI is InChI=1S/C15H9N5O4S/c21-15-11-5-6-25-14(11)16-8-19(15)7-12-17-18-13(24-12)9-1-3-10(4-2-9)20(22)23/h1-6,8H,7H2. The Balaban J connectivity index is 1.61. The fourth-order valence-corrected chi connectivity index (χ4v) is 3.03. The Morgan fingerprint density at radius 3 is 2.76 bits per heavy atom. The molecule has 0 amide bonds. The predicted octanol–water partition coefficient (Wildman–Crippen LogP) is 2.46. The van der Waals surface area contributed by atoms with Crippen LogP contribution in [-0.2, 0) is 6.54 Å². The first kappa shape index (κ1) is 15.1. The number of non-ortho nitro benzene ring substituents is 1. The van der Waals surface area contributed by atoms with Crippen LogP contribution in [0, 0.1) is 10.1 Å². The second-order valence-corrected chi connectivity index (χ2v) is 6.02. The van der Waals surface area contributed by atoms with Gasteiger partial charge in [-0.15, -0.1) is 21.5 Å². The van der Waals surface area contributed by atoms with E-state index >= 15 is 0 Å². The van der Waals surface area contributed by atoms with Crippen molar-refractivity contribution in [3.8, 4) is 11.5 Å². The van der Waals surface area contributed by atoms with Crippen LogP contribution in [0.2, 0.25) is 0 Å². The Bertz CT molecular complexity index is 1130. The number of nitro groups is 1. The van der Waals surface area contributed by atoms with Gasteiger partial charge in [-0.25, -0.2) is 4.98 Å². The van der Waals surface area contributed by atoms with Gasteiger partial charge in [0.15, 0.2) is 0 Å². The fourth-order valence-electron chi connectivity index (χ4n) is 2.31. The lowest BCUT2D eigenvalue weighted by Crippen LogP contribution is -2.20. The van der Waals surface area contributed by atoms with Gasteiger partial charge in [-0.1, -0.05) is 0 Å². The number of nitro benzene ring substituents is 1. The maximum Gasteiger partial charge on any atom is 0.269 e. The second kappa shape index (κ2) is 5.91. The molecule has 3 aromatic heterocycles. The van der Waals surface area contributed by atoms with Crippen molar-refractivity contribution in [2.24, 2.45) is 0 Å². The molecule has 0 aliphatic heterocycles. The van der Waals surface area contributed by atoms with Gasteiger partial charge >= 0.3 is 0 Å². The summed E-state index contributed by atoms with van der Waals surface area (Å²) in [6.07, 6.45) is 1.44. The maximum atomic E-state index is 12.3. The van der Waals surface area contributed by atoms with E-state index < -0.39 is 4.92 Å². The molecule has 9 nitrogen and oxygen atoms in total. The van der Waals surface area contributed by atoms with Crippen LogP contribution in [0.3, 0.4) is 0 Å². The van der Waals surface area contributed by atoms with Gasteiger partial charge < -0.3 is 4.42 Å². The molecule has 0 aliphatic carbocycles. The van der Waals surface area contributed by atoms with E-state index in [-0.39, 0.29) is 29.6 Å². The van der Waals surface area contributed by atoms with Crippen LogP contribution in [0.5, 0.6) is 0 Å². The number of hydrogen-bond acceptors (Lipinski definition) is 8. The third-order valence-electron chi connectivity index (χ3n) is 3.55. The minimum atomic E-state index is -0.483. The third kappa shape index (κ3) is 2.78. The molecular weight excluding hydrogens is 346 g/mol. The van der Waals surface area contributed by atoms with Crippen molar-refractivity contribution in [2.75, 3.05) is 0 Å². The van der Waals surface area contributed by atoms with Crippen molar-refractivity contribution in [1.29, 1.82) is 0 Å². The molecule has 0 spiro atoms. The molecule has 25 heavy (non-hydrogen) atoms. The molecule has 0 bridgehead atoms. The first-order chi connectivity index (χ1) is 12.1. The van der Waals surface area contributed by atoms with E-state index in [4.69, 9.17) is 4.42 Å². The van der Waals surface area contributed by atoms with E-state index in [2.05, 4.69) is 15.2 Å². The SMILES string of the molecule is O=c1c2ccsc2ncn1Cc1nnc(-c2ccc([N+](=O)[O-])cc2)o1. The van der Waals surface area contributed by atoms with Crippen molar-refractivity contribution in [1.82, 2.24) is 19.7 Å². The molecule has 1 aromatic carbocycles. The highest BCUT2D eigenvalue weighted by atomic mass is 32.1. The lowest BCUT2D eigenvalue weighted by Gasteiger charge is -2.01. The molecule has 0 saturated carbocycles. The molecule has 3 heterocycles. The summed E-state index contributed by atoms with van der Waals surface area (Å²) in [6, 6.07) is 7.50. The van der Waals surface area contributed by atoms with E-state index in [1.165, 1.54) is 46.5 Å². The number of hydrogen-bond donors (Lipinski definition) is 0. The van der Waals surface area contributed by atoms with Gasteiger partial charge in [0.05, 0.1) is 16.6 Å². The van der Waals surface area contributed by atoms with Crippen LogP contribution in [-0.4, -0.2) is 24.7 Å². The number of rotatable bonds is 4. The van der Waals surface area contributed by atoms with Gasteiger partial charge in [0.1, 0.15) is 11.4 Å². The lowest BCUT2D eigenvalue weighted by molar-refractivity contribution is -0.384. The largest absolute Gasteiger partial charge is 0.419 e. The highest BCUT2D eigenvalue weighted by Gasteiger charge is 2.13. The number of fused-ring (bicyclic) bond motifs is 1. The number of aromatic nitrogens is 4. The molecule has 124 valence electrons. The Labute approximate surface area is 143 Å². The summed E-state index contributed by atoms with van der Waals surface area (Å²) in [5.41, 5.74) is 0.356. The van der Waals surface area contributed by atoms with Crippen LogP contribution >= 0.6 is 11.3 Å². The van der Waals surface area contributed by atoms with E-state index in [1.807, 2.05) is 5.38 Å². The summed E-state index contributed by atoms with van der Waals surface area (Å²) in [4.78, 5) is 27.4. The molecule has 0 fully saturated rings. The fraction of sp³-hybridized carbons (Fsp3) is 0.0667. The summed E-state index contributed by atoms with van der Waals surface area (Å²) < 4.78 is 6.94.